The molecule has 0 N–H and O–H groups in total. The summed E-state index contributed by atoms with van der Waals surface area (Å²) in [5.74, 6) is 0. The standard InChI is InChI=1S/C15H15ClN4O/c1-11(6-9-19-8-3-7-18-19)20-10-17-13-5-2-4-12(16)14(13)15(20)21/h2-5,7-8,10-11H,6,9H2,1H3. The van der Waals surface area contributed by atoms with Crippen LogP contribution < -0.4 is 5.56 Å². The topological polar surface area (TPSA) is 52.7 Å². The Morgan fingerprint density at radius 1 is 1.33 bits per heavy atom. The van der Waals surface area contributed by atoms with Gasteiger partial charge in [0.1, 0.15) is 0 Å². The summed E-state index contributed by atoms with van der Waals surface area (Å²) >= 11 is 6.13. The quantitative estimate of drug-likeness (QED) is 0.744. The Labute approximate surface area is 126 Å². The van der Waals surface area contributed by atoms with Crippen molar-refractivity contribution < 1.29 is 0 Å². The first-order chi connectivity index (χ1) is 10.2. The molecule has 0 saturated carbocycles. The van der Waals surface area contributed by atoms with E-state index in [1.807, 2.05) is 23.9 Å². The molecule has 21 heavy (non-hydrogen) atoms. The van der Waals surface area contributed by atoms with Gasteiger partial charge in [0, 0.05) is 25.0 Å². The Morgan fingerprint density at radius 2 is 2.19 bits per heavy atom. The minimum absolute atomic E-state index is 0.0230. The summed E-state index contributed by atoms with van der Waals surface area (Å²) in [6, 6.07) is 7.21. The summed E-state index contributed by atoms with van der Waals surface area (Å²) in [7, 11) is 0. The van der Waals surface area contributed by atoms with Crippen LogP contribution in [0.25, 0.3) is 10.9 Å². The van der Waals surface area contributed by atoms with Gasteiger partial charge in [-0.15, -0.1) is 0 Å². The molecule has 0 saturated heterocycles. The lowest BCUT2D eigenvalue weighted by molar-refractivity contribution is 0.436. The monoisotopic (exact) mass is 302 g/mol. The summed E-state index contributed by atoms with van der Waals surface area (Å²) in [5.41, 5.74) is 0.529. The van der Waals surface area contributed by atoms with E-state index in [-0.39, 0.29) is 11.6 Å². The average Bonchev–Trinajstić information content (AvgIpc) is 2.98. The molecule has 0 aliphatic rings. The summed E-state index contributed by atoms with van der Waals surface area (Å²) in [5, 5.41) is 5.08. The second-order valence-corrected chi connectivity index (χ2v) is 5.40. The molecule has 2 aromatic heterocycles. The van der Waals surface area contributed by atoms with Crippen LogP contribution in [0.1, 0.15) is 19.4 Å². The van der Waals surface area contributed by atoms with E-state index >= 15 is 0 Å². The number of halogens is 1. The molecule has 5 nitrogen and oxygen atoms in total. The summed E-state index contributed by atoms with van der Waals surface area (Å²) in [4.78, 5) is 16.9. The van der Waals surface area contributed by atoms with Crippen LogP contribution in [0.5, 0.6) is 0 Å². The third-order valence-electron chi connectivity index (χ3n) is 3.57. The summed E-state index contributed by atoms with van der Waals surface area (Å²) in [6.45, 7) is 2.75. The van der Waals surface area contributed by atoms with Gasteiger partial charge in [-0.1, -0.05) is 17.7 Å². The molecule has 0 aliphatic carbocycles. The van der Waals surface area contributed by atoms with Gasteiger partial charge in [0.25, 0.3) is 5.56 Å². The van der Waals surface area contributed by atoms with Crippen molar-refractivity contribution in [3.05, 3.63) is 58.4 Å². The van der Waals surface area contributed by atoms with E-state index in [4.69, 9.17) is 11.6 Å². The van der Waals surface area contributed by atoms with Crippen molar-refractivity contribution in [3.8, 4) is 0 Å². The van der Waals surface area contributed by atoms with E-state index in [0.29, 0.717) is 15.9 Å². The number of aryl methyl sites for hydroxylation is 1. The molecule has 3 aromatic rings. The van der Waals surface area contributed by atoms with E-state index in [2.05, 4.69) is 10.1 Å². The highest BCUT2D eigenvalue weighted by atomic mass is 35.5. The predicted molar refractivity (Wildman–Crippen MR) is 82.6 cm³/mol. The Morgan fingerprint density at radius 3 is 2.95 bits per heavy atom. The fraction of sp³-hybridized carbons (Fsp3) is 0.267. The molecule has 3 rings (SSSR count). The number of aromatic nitrogens is 4. The molecule has 0 spiro atoms. The zero-order valence-corrected chi connectivity index (χ0v) is 12.4. The van der Waals surface area contributed by atoms with Crippen LogP contribution in [0.15, 0.2) is 47.8 Å². The molecule has 0 amide bonds. The maximum Gasteiger partial charge on any atom is 0.262 e. The molecule has 6 heteroatoms. The van der Waals surface area contributed by atoms with Gasteiger partial charge >= 0.3 is 0 Å². The Hall–Kier alpha value is -2.14. The van der Waals surface area contributed by atoms with Crippen molar-refractivity contribution in [2.75, 3.05) is 0 Å². The lowest BCUT2D eigenvalue weighted by Gasteiger charge is -2.15. The van der Waals surface area contributed by atoms with Gasteiger partial charge in [-0.05, 0) is 31.5 Å². The van der Waals surface area contributed by atoms with E-state index in [1.54, 1.807) is 35.3 Å². The van der Waals surface area contributed by atoms with E-state index in [1.165, 1.54) is 0 Å². The van der Waals surface area contributed by atoms with E-state index in [0.717, 1.165) is 13.0 Å². The van der Waals surface area contributed by atoms with E-state index < -0.39 is 0 Å². The van der Waals surface area contributed by atoms with Crippen molar-refractivity contribution in [3.63, 3.8) is 0 Å². The summed E-state index contributed by atoms with van der Waals surface area (Å²) in [6.07, 6.45) is 6.03. The highest BCUT2D eigenvalue weighted by Gasteiger charge is 2.12. The normalized spacial score (nSPS) is 12.7. The number of hydrogen-bond donors (Lipinski definition) is 0. The third kappa shape index (κ3) is 2.69. The van der Waals surface area contributed by atoms with Gasteiger partial charge < -0.3 is 0 Å². The molecule has 0 aliphatic heterocycles. The molecule has 108 valence electrons. The van der Waals surface area contributed by atoms with Crippen LogP contribution in [0.2, 0.25) is 5.02 Å². The van der Waals surface area contributed by atoms with Crippen molar-refractivity contribution >= 4 is 22.5 Å². The van der Waals surface area contributed by atoms with Crippen molar-refractivity contribution in [2.45, 2.75) is 25.9 Å². The number of benzene rings is 1. The maximum atomic E-state index is 12.6. The first-order valence-electron chi connectivity index (χ1n) is 6.79. The van der Waals surface area contributed by atoms with Crippen molar-refractivity contribution in [1.82, 2.24) is 19.3 Å². The molecule has 0 fully saturated rings. The molecule has 0 bridgehead atoms. The molecule has 2 heterocycles. The Bertz CT molecular complexity index is 810. The Kier molecular flexibility index (Phi) is 3.75. The highest BCUT2D eigenvalue weighted by Crippen LogP contribution is 2.19. The van der Waals surface area contributed by atoms with Crippen LogP contribution >= 0.6 is 11.6 Å². The number of nitrogens with zero attached hydrogens (tertiary/aromatic N) is 4. The number of hydrogen-bond acceptors (Lipinski definition) is 3. The predicted octanol–water partition coefficient (Wildman–Crippen LogP) is 2.90. The first kappa shape index (κ1) is 13.8. The second kappa shape index (κ2) is 5.69. The van der Waals surface area contributed by atoms with Crippen LogP contribution in [0, 0.1) is 0 Å². The molecule has 1 aromatic carbocycles. The Balaban J connectivity index is 1.91. The first-order valence-corrected chi connectivity index (χ1v) is 7.17. The van der Waals surface area contributed by atoms with Crippen LogP contribution in [0.4, 0.5) is 0 Å². The largest absolute Gasteiger partial charge is 0.296 e. The zero-order chi connectivity index (χ0) is 14.8. The SMILES string of the molecule is CC(CCn1cccn1)n1cnc2cccc(Cl)c2c1=O. The third-order valence-corrected chi connectivity index (χ3v) is 3.89. The van der Waals surface area contributed by atoms with Crippen LogP contribution in [-0.2, 0) is 6.54 Å². The lowest BCUT2D eigenvalue weighted by atomic mass is 10.2. The average molecular weight is 303 g/mol. The van der Waals surface area contributed by atoms with Gasteiger partial charge in [-0.25, -0.2) is 4.98 Å². The lowest BCUT2D eigenvalue weighted by Crippen LogP contribution is -2.24. The van der Waals surface area contributed by atoms with Gasteiger partial charge in [0.05, 0.1) is 22.3 Å². The maximum absolute atomic E-state index is 12.6. The smallest absolute Gasteiger partial charge is 0.262 e. The molecule has 1 unspecified atom stereocenters. The zero-order valence-electron chi connectivity index (χ0n) is 11.6. The minimum atomic E-state index is -0.0986. The minimum Gasteiger partial charge on any atom is -0.296 e. The van der Waals surface area contributed by atoms with Crippen molar-refractivity contribution in [2.24, 2.45) is 0 Å². The van der Waals surface area contributed by atoms with Crippen molar-refractivity contribution in [1.29, 1.82) is 0 Å². The molecule has 1 atom stereocenters. The van der Waals surface area contributed by atoms with Gasteiger partial charge in [0.2, 0.25) is 0 Å². The molecular weight excluding hydrogens is 288 g/mol. The molecule has 0 radical (unpaired) electrons. The van der Waals surface area contributed by atoms with Crippen LogP contribution in [-0.4, -0.2) is 19.3 Å². The second-order valence-electron chi connectivity index (χ2n) is 5.00. The fourth-order valence-electron chi connectivity index (χ4n) is 2.34. The summed E-state index contributed by atoms with van der Waals surface area (Å²) < 4.78 is 3.49. The number of rotatable bonds is 4. The molecular formula is C15H15ClN4O. The van der Waals surface area contributed by atoms with E-state index in [9.17, 15) is 4.79 Å². The van der Waals surface area contributed by atoms with Gasteiger partial charge in [-0.2, -0.15) is 5.10 Å². The fourth-order valence-corrected chi connectivity index (χ4v) is 2.59. The van der Waals surface area contributed by atoms with Gasteiger partial charge in [-0.3, -0.25) is 14.0 Å². The van der Waals surface area contributed by atoms with Gasteiger partial charge in [0.15, 0.2) is 0 Å². The highest BCUT2D eigenvalue weighted by molar-refractivity contribution is 6.35. The number of fused-ring (bicyclic) bond motifs is 1. The van der Waals surface area contributed by atoms with Crippen LogP contribution in [0.3, 0.4) is 0 Å².